The molecule has 0 radical (unpaired) electrons. The van der Waals surface area contributed by atoms with Gasteiger partial charge in [-0.25, -0.2) is 0 Å². The average molecular weight is 822 g/mol. The van der Waals surface area contributed by atoms with Crippen molar-refractivity contribution in [3.63, 3.8) is 0 Å². The van der Waals surface area contributed by atoms with Crippen molar-refractivity contribution in [2.45, 2.75) is 181 Å². The van der Waals surface area contributed by atoms with Gasteiger partial charge in [0.1, 0.15) is 104 Å². The van der Waals surface area contributed by atoms with Crippen LogP contribution in [0.4, 0.5) is 0 Å². The summed E-state index contributed by atoms with van der Waals surface area (Å²) in [6.07, 6.45) is -40.3. The molecular formula is C32H55NO23. The van der Waals surface area contributed by atoms with E-state index in [9.17, 15) is 71.2 Å². The third-order valence-electron chi connectivity index (χ3n) is 10.6. The van der Waals surface area contributed by atoms with E-state index < -0.39 is 173 Å². The molecule has 5 rings (SSSR count). The quantitative estimate of drug-likeness (QED) is 0.0920. The number of rotatable bonds is 11. The van der Waals surface area contributed by atoms with Crippen molar-refractivity contribution in [1.29, 1.82) is 0 Å². The van der Waals surface area contributed by atoms with Gasteiger partial charge in [0.05, 0.1) is 31.5 Å². The summed E-state index contributed by atoms with van der Waals surface area (Å²) >= 11 is 0. The number of aliphatic hydroxyl groups is 13. The van der Waals surface area contributed by atoms with Crippen LogP contribution in [0.2, 0.25) is 0 Å². The summed E-state index contributed by atoms with van der Waals surface area (Å²) in [7, 11) is 0. The molecule has 0 aliphatic carbocycles. The summed E-state index contributed by atoms with van der Waals surface area (Å²) in [5.41, 5.74) is 0. The van der Waals surface area contributed by atoms with Crippen LogP contribution in [-0.2, 0) is 47.4 Å². The van der Waals surface area contributed by atoms with Gasteiger partial charge in [-0.15, -0.1) is 0 Å². The minimum absolute atomic E-state index is 0.751. The number of nitrogens with one attached hydrogen (secondary N) is 1. The van der Waals surface area contributed by atoms with Crippen molar-refractivity contribution in [2.75, 3.05) is 13.2 Å². The smallest absolute Gasteiger partial charge is 0.217 e. The maximum Gasteiger partial charge on any atom is 0.217 e. The van der Waals surface area contributed by atoms with Crippen molar-refractivity contribution in [3.05, 3.63) is 0 Å². The fourth-order valence-electron chi connectivity index (χ4n) is 7.23. The van der Waals surface area contributed by atoms with Crippen molar-refractivity contribution in [2.24, 2.45) is 0 Å². The van der Waals surface area contributed by atoms with Crippen molar-refractivity contribution < 1.29 is 114 Å². The summed E-state index contributed by atoms with van der Waals surface area (Å²) in [6, 6.07) is -1.59. The Balaban J connectivity index is 1.42. The molecule has 1 amide bonds. The minimum atomic E-state index is -2.02. The zero-order chi connectivity index (χ0) is 41.5. The highest BCUT2D eigenvalue weighted by atomic mass is 16.8. The first kappa shape index (κ1) is 45.7. The van der Waals surface area contributed by atoms with Gasteiger partial charge in [-0.05, 0) is 20.8 Å². The normalized spacial score (nSPS) is 53.1. The van der Waals surface area contributed by atoms with E-state index in [2.05, 4.69) is 5.32 Å². The predicted molar refractivity (Wildman–Crippen MR) is 174 cm³/mol. The summed E-state index contributed by atoms with van der Waals surface area (Å²) < 4.78 is 51.2. The molecule has 0 saturated carbocycles. The van der Waals surface area contributed by atoms with Crippen LogP contribution in [-0.4, -0.2) is 239 Å². The van der Waals surface area contributed by atoms with E-state index in [1.165, 1.54) is 20.8 Å². The van der Waals surface area contributed by atoms with Gasteiger partial charge in [-0.3, -0.25) is 4.79 Å². The zero-order valence-electron chi connectivity index (χ0n) is 30.7. The second kappa shape index (κ2) is 18.9. The molecule has 24 nitrogen and oxygen atoms in total. The molecule has 0 aromatic rings. The van der Waals surface area contributed by atoms with Crippen LogP contribution in [0.3, 0.4) is 0 Å². The van der Waals surface area contributed by atoms with Gasteiger partial charge in [-0.2, -0.15) is 0 Å². The monoisotopic (exact) mass is 821 g/mol. The van der Waals surface area contributed by atoms with Gasteiger partial charge in [0.15, 0.2) is 31.5 Å². The maximum atomic E-state index is 12.5. The van der Waals surface area contributed by atoms with Gasteiger partial charge in [0, 0.05) is 6.92 Å². The Labute approximate surface area is 319 Å². The lowest BCUT2D eigenvalue weighted by Gasteiger charge is -2.50. The van der Waals surface area contributed by atoms with Crippen LogP contribution >= 0.6 is 0 Å². The maximum absolute atomic E-state index is 12.5. The van der Waals surface area contributed by atoms with E-state index in [1.54, 1.807) is 0 Å². The molecule has 14 N–H and O–H groups in total. The van der Waals surface area contributed by atoms with Crippen LogP contribution in [0.1, 0.15) is 27.7 Å². The number of carbonyl (C=O) groups excluding carboxylic acids is 1. The number of carbonyl (C=O) groups is 1. The Morgan fingerprint density at radius 2 is 0.929 bits per heavy atom. The lowest BCUT2D eigenvalue weighted by molar-refractivity contribution is -0.393. The fraction of sp³-hybridized carbons (Fsp3) is 0.969. The molecule has 326 valence electrons. The van der Waals surface area contributed by atoms with Crippen LogP contribution < -0.4 is 5.32 Å². The number of aliphatic hydroxyl groups excluding tert-OH is 13. The number of hydrogen-bond acceptors (Lipinski definition) is 23. The first-order valence-electron chi connectivity index (χ1n) is 18.2. The molecule has 0 bridgehead atoms. The van der Waals surface area contributed by atoms with Crippen LogP contribution in [0.5, 0.6) is 0 Å². The summed E-state index contributed by atoms with van der Waals surface area (Å²) in [6.45, 7) is 3.38. The lowest BCUT2D eigenvalue weighted by Crippen LogP contribution is -2.70. The van der Waals surface area contributed by atoms with Gasteiger partial charge in [0.2, 0.25) is 5.91 Å². The fourth-order valence-corrected chi connectivity index (χ4v) is 7.23. The summed E-state index contributed by atoms with van der Waals surface area (Å²) in [5, 5.41) is 141. The summed E-state index contributed by atoms with van der Waals surface area (Å²) in [4.78, 5) is 12.5. The molecule has 56 heavy (non-hydrogen) atoms. The molecule has 5 fully saturated rings. The Bertz CT molecular complexity index is 1260. The topological polar surface area (TPSA) is 375 Å². The summed E-state index contributed by atoms with van der Waals surface area (Å²) in [5.74, 6) is -0.751. The highest BCUT2D eigenvalue weighted by Gasteiger charge is 2.56. The van der Waals surface area contributed by atoms with Crippen LogP contribution in [0, 0.1) is 0 Å². The van der Waals surface area contributed by atoms with Gasteiger partial charge >= 0.3 is 0 Å². The molecule has 5 heterocycles. The second-order valence-corrected chi connectivity index (χ2v) is 14.6. The van der Waals surface area contributed by atoms with Crippen molar-refractivity contribution in [3.8, 4) is 0 Å². The molecular weight excluding hydrogens is 766 g/mol. The number of ether oxygens (including phenoxy) is 9. The Hall–Kier alpha value is -1.41. The molecule has 24 heteroatoms. The lowest BCUT2D eigenvalue weighted by atomic mass is 9.94. The van der Waals surface area contributed by atoms with E-state index in [0.29, 0.717) is 0 Å². The van der Waals surface area contributed by atoms with Gasteiger partial charge < -0.3 is 114 Å². The Morgan fingerprint density at radius 1 is 0.464 bits per heavy atom. The second-order valence-electron chi connectivity index (χ2n) is 14.6. The first-order chi connectivity index (χ1) is 26.3. The standard InChI is InChI=1S/C32H55NO23/c1-7-14(37)19(42)21(44)30(49-7)55-26-16(39)9(3)50-31(23(26)46)56-27-20(43)17(40)11(5-34)52-32(27)53-24-13(33-10(4)36)29(51-12(6-35)18(24)41)54-25-15(38)8(2)48-28(47)22(25)45/h7-9,11-32,34-35,37-47H,5-6H2,1-4H3,(H,33,36)/t7-,8-,9-,11+,12+,13+,14-,15-,16-,17-,18+,19+,20-,21+,22+,23+,24+,25+,26+,27+,28?,29+,30-,31-,32+/m0/s1. The van der Waals surface area contributed by atoms with Crippen molar-refractivity contribution in [1.82, 2.24) is 5.32 Å². The van der Waals surface area contributed by atoms with E-state index >= 15 is 0 Å². The van der Waals surface area contributed by atoms with Crippen molar-refractivity contribution >= 4 is 5.91 Å². The molecule has 25 atom stereocenters. The third kappa shape index (κ3) is 9.31. The molecule has 0 spiro atoms. The Morgan fingerprint density at radius 3 is 1.52 bits per heavy atom. The van der Waals surface area contributed by atoms with Gasteiger partial charge in [-0.1, -0.05) is 0 Å². The first-order valence-corrected chi connectivity index (χ1v) is 18.2. The highest BCUT2D eigenvalue weighted by molar-refractivity contribution is 5.73. The number of hydrogen-bond donors (Lipinski definition) is 14. The molecule has 1 unspecified atom stereocenters. The zero-order valence-corrected chi connectivity index (χ0v) is 30.7. The minimum Gasteiger partial charge on any atom is -0.394 e. The van der Waals surface area contributed by atoms with E-state index in [-0.39, 0.29) is 0 Å². The average Bonchev–Trinajstić information content (AvgIpc) is 3.15. The van der Waals surface area contributed by atoms with E-state index in [1.807, 2.05) is 0 Å². The molecule has 5 saturated heterocycles. The SMILES string of the molecule is CC(=O)N[C@H]1[C@@H](O[C@@H]2[C@@H](O)[C@H](C)OC(O)[C@@H]2O)O[C@H](CO)[C@@H](O)[C@@H]1O[C@H]1O[C@H](CO)[C@H](O)[C@H](O)[C@H]1O[C@@H]1O[C@@H](C)[C@H](O)[C@@H](O[C@@H]2O[C@@H](C)[C@H](O)[C@@H](O)[C@H]2O)[C@H]1O. The van der Waals surface area contributed by atoms with E-state index in [0.717, 1.165) is 6.92 Å². The molecule has 5 aliphatic heterocycles. The molecule has 0 aromatic carbocycles. The van der Waals surface area contributed by atoms with Gasteiger partial charge in [0.25, 0.3) is 0 Å². The largest absolute Gasteiger partial charge is 0.394 e. The van der Waals surface area contributed by atoms with E-state index in [4.69, 9.17) is 42.6 Å². The predicted octanol–water partition coefficient (Wildman–Crippen LogP) is -8.70. The van der Waals surface area contributed by atoms with Crippen LogP contribution in [0.15, 0.2) is 0 Å². The number of amides is 1. The Kier molecular flexibility index (Phi) is 15.4. The third-order valence-corrected chi connectivity index (χ3v) is 10.6. The highest BCUT2D eigenvalue weighted by Crippen LogP contribution is 2.36. The molecule has 0 aromatic heterocycles. The molecule has 5 aliphatic rings. The van der Waals surface area contributed by atoms with Crippen LogP contribution in [0.25, 0.3) is 0 Å².